The molecule has 0 saturated heterocycles. The Morgan fingerprint density at radius 1 is 0.682 bits per heavy atom. The standard InChI is InChI=1S/2C7H7.C6H6N.Sn.H/c2*1-7-5-3-2-4-6-7;1-2-4-6-7-5-3-1;;/h2*2-6H,1H2;1-5,7H;;. The SMILES string of the molecule is C1=CC=[C]([SnH]([CH2]c2ccccc2)[CH2]c2ccccc2)NC=C1. The molecule has 22 heavy (non-hydrogen) atoms. The van der Waals surface area contributed by atoms with Gasteiger partial charge >= 0.3 is 140 Å². The van der Waals surface area contributed by atoms with Crippen LogP contribution in [0.3, 0.4) is 0 Å². The zero-order valence-corrected chi connectivity index (χ0v) is 15.9. The molecule has 0 aromatic heterocycles. The number of rotatable bonds is 5. The van der Waals surface area contributed by atoms with Gasteiger partial charge in [-0.25, -0.2) is 0 Å². The molecule has 1 N–H and O–H groups in total. The Morgan fingerprint density at radius 2 is 1.27 bits per heavy atom. The van der Waals surface area contributed by atoms with Gasteiger partial charge in [-0.3, -0.25) is 0 Å². The average Bonchev–Trinajstić information content (AvgIpc) is 2.85. The van der Waals surface area contributed by atoms with Gasteiger partial charge in [0.05, 0.1) is 0 Å². The molecule has 110 valence electrons. The van der Waals surface area contributed by atoms with Crippen LogP contribution in [0.5, 0.6) is 0 Å². The number of allylic oxidation sites excluding steroid dienone is 4. The van der Waals surface area contributed by atoms with E-state index in [0.717, 1.165) is 0 Å². The maximum absolute atomic E-state index is 3.53. The molecule has 2 aromatic rings. The second kappa shape index (κ2) is 8.04. The molecule has 1 nitrogen and oxygen atoms in total. The van der Waals surface area contributed by atoms with E-state index in [1.165, 1.54) is 23.7 Å². The van der Waals surface area contributed by atoms with Gasteiger partial charge in [0, 0.05) is 0 Å². The third-order valence-electron chi connectivity index (χ3n) is 3.93. The van der Waals surface area contributed by atoms with E-state index in [-0.39, 0.29) is 0 Å². The van der Waals surface area contributed by atoms with Crippen LogP contribution in [0.2, 0.25) is 0 Å². The van der Waals surface area contributed by atoms with Gasteiger partial charge in [-0.05, 0) is 0 Å². The molecule has 0 saturated carbocycles. The van der Waals surface area contributed by atoms with Gasteiger partial charge in [0.25, 0.3) is 0 Å². The first-order valence-corrected chi connectivity index (χ1v) is 14.1. The summed E-state index contributed by atoms with van der Waals surface area (Å²) in [5.74, 6) is 0. The van der Waals surface area contributed by atoms with Crippen LogP contribution in [0.4, 0.5) is 0 Å². The van der Waals surface area contributed by atoms with Gasteiger partial charge in [0.2, 0.25) is 0 Å². The van der Waals surface area contributed by atoms with Gasteiger partial charge < -0.3 is 0 Å². The number of nitrogens with one attached hydrogen (secondary N) is 1. The first-order valence-electron chi connectivity index (χ1n) is 7.79. The molecule has 0 aliphatic carbocycles. The molecule has 1 heterocycles. The Hall–Kier alpha value is -1.74. The molecule has 0 fully saturated rings. The Labute approximate surface area is 139 Å². The van der Waals surface area contributed by atoms with Crippen molar-refractivity contribution in [3.05, 3.63) is 106 Å². The quantitative estimate of drug-likeness (QED) is 0.760. The molecule has 2 aromatic carbocycles. The molecule has 3 rings (SSSR count). The third kappa shape index (κ3) is 4.37. The Kier molecular flexibility index (Phi) is 5.54. The Balaban J connectivity index is 1.83. The van der Waals surface area contributed by atoms with Crippen molar-refractivity contribution < 1.29 is 0 Å². The summed E-state index contributed by atoms with van der Waals surface area (Å²) in [6.45, 7) is 0. The fourth-order valence-corrected chi connectivity index (χ4v) is 11.3. The van der Waals surface area contributed by atoms with E-state index in [9.17, 15) is 0 Å². The molecule has 0 unspecified atom stereocenters. The zero-order valence-electron chi connectivity index (χ0n) is 12.7. The molecular formula is C20H21NSn. The van der Waals surface area contributed by atoms with Crippen molar-refractivity contribution >= 4 is 19.8 Å². The summed E-state index contributed by atoms with van der Waals surface area (Å²) in [7, 11) is 0. The van der Waals surface area contributed by atoms with E-state index >= 15 is 0 Å². The zero-order chi connectivity index (χ0) is 15.0. The topological polar surface area (TPSA) is 12.0 Å². The number of hydrogen-bond donors (Lipinski definition) is 1. The van der Waals surface area contributed by atoms with E-state index in [0.29, 0.717) is 0 Å². The summed E-state index contributed by atoms with van der Waals surface area (Å²) in [5.41, 5.74) is 2.94. The average molecular weight is 394 g/mol. The van der Waals surface area contributed by atoms with Crippen LogP contribution in [0.1, 0.15) is 11.1 Å². The van der Waals surface area contributed by atoms with Gasteiger partial charge in [-0.1, -0.05) is 0 Å². The molecule has 0 radical (unpaired) electrons. The molecule has 0 atom stereocenters. The van der Waals surface area contributed by atoms with Crippen molar-refractivity contribution in [1.82, 2.24) is 5.32 Å². The molecule has 0 bridgehead atoms. The van der Waals surface area contributed by atoms with Gasteiger partial charge in [0.1, 0.15) is 0 Å². The maximum atomic E-state index is 3.53. The summed E-state index contributed by atoms with van der Waals surface area (Å²) in [5, 5.41) is 3.53. The van der Waals surface area contributed by atoms with Crippen LogP contribution in [-0.2, 0) is 8.87 Å². The molecule has 2 heteroatoms. The normalized spacial score (nSPS) is 13.6. The number of benzene rings is 2. The monoisotopic (exact) mass is 395 g/mol. The van der Waals surface area contributed by atoms with Crippen LogP contribution in [0.25, 0.3) is 0 Å². The molecule has 1 aliphatic heterocycles. The van der Waals surface area contributed by atoms with Gasteiger partial charge in [-0.15, -0.1) is 0 Å². The molecule has 0 amide bonds. The van der Waals surface area contributed by atoms with E-state index in [1.807, 2.05) is 0 Å². The summed E-state index contributed by atoms with van der Waals surface area (Å²) in [6.07, 6.45) is 10.7. The minimum atomic E-state index is -1.96. The summed E-state index contributed by atoms with van der Waals surface area (Å²) in [6, 6.07) is 21.8. The van der Waals surface area contributed by atoms with Gasteiger partial charge in [0.15, 0.2) is 0 Å². The first-order chi connectivity index (χ1) is 10.9. The van der Waals surface area contributed by atoms with Crippen LogP contribution >= 0.6 is 0 Å². The fourth-order valence-electron chi connectivity index (χ4n) is 2.81. The second-order valence-corrected chi connectivity index (χ2v) is 13.7. The van der Waals surface area contributed by atoms with Gasteiger partial charge in [-0.2, -0.15) is 0 Å². The number of hydrogen-bond acceptors (Lipinski definition) is 1. The minimum absolute atomic E-state index is 1.25. The van der Waals surface area contributed by atoms with E-state index in [2.05, 4.69) is 96.5 Å². The summed E-state index contributed by atoms with van der Waals surface area (Å²) in [4.78, 5) is 0. The van der Waals surface area contributed by atoms with Crippen molar-refractivity contribution in [1.29, 1.82) is 0 Å². The Morgan fingerprint density at radius 3 is 1.86 bits per heavy atom. The van der Waals surface area contributed by atoms with Crippen molar-refractivity contribution in [2.24, 2.45) is 0 Å². The van der Waals surface area contributed by atoms with Crippen LogP contribution in [-0.4, -0.2) is 19.8 Å². The summed E-state index contributed by atoms with van der Waals surface area (Å²) < 4.78 is 3.98. The van der Waals surface area contributed by atoms with Crippen molar-refractivity contribution in [3.8, 4) is 0 Å². The third-order valence-corrected chi connectivity index (χ3v) is 13.0. The van der Waals surface area contributed by atoms with Crippen LogP contribution in [0, 0.1) is 0 Å². The second-order valence-electron chi connectivity index (χ2n) is 5.59. The Bertz CT molecular complexity index is 630. The predicted octanol–water partition coefficient (Wildman–Crippen LogP) is 3.87. The van der Waals surface area contributed by atoms with Crippen molar-refractivity contribution in [2.75, 3.05) is 0 Å². The molecular weight excluding hydrogens is 373 g/mol. The summed E-state index contributed by atoms with van der Waals surface area (Å²) >= 11 is -1.96. The molecule has 0 spiro atoms. The van der Waals surface area contributed by atoms with E-state index < -0.39 is 19.8 Å². The van der Waals surface area contributed by atoms with E-state index in [4.69, 9.17) is 0 Å². The fraction of sp³-hybridized carbons (Fsp3) is 0.100. The van der Waals surface area contributed by atoms with Crippen LogP contribution < -0.4 is 5.32 Å². The van der Waals surface area contributed by atoms with Crippen molar-refractivity contribution in [3.63, 3.8) is 0 Å². The van der Waals surface area contributed by atoms with Crippen LogP contribution in [0.15, 0.2) is 94.9 Å². The predicted molar refractivity (Wildman–Crippen MR) is 96.9 cm³/mol. The molecule has 1 aliphatic rings. The van der Waals surface area contributed by atoms with E-state index in [1.54, 1.807) is 0 Å². The van der Waals surface area contributed by atoms with Crippen molar-refractivity contribution in [2.45, 2.75) is 8.87 Å². The first kappa shape index (κ1) is 15.2.